The summed E-state index contributed by atoms with van der Waals surface area (Å²) in [7, 11) is 0. The fourth-order valence-corrected chi connectivity index (χ4v) is 8.33. The van der Waals surface area contributed by atoms with E-state index in [1.54, 1.807) is 0 Å². The summed E-state index contributed by atoms with van der Waals surface area (Å²) in [5.41, 5.74) is 0. The van der Waals surface area contributed by atoms with E-state index in [1.165, 1.54) is 77.0 Å². The Hall–Kier alpha value is -4.97. The molecule has 0 aromatic rings. The van der Waals surface area contributed by atoms with Crippen LogP contribution in [0.5, 0.6) is 0 Å². The predicted octanol–water partition coefficient (Wildman–Crippen LogP) is 22.1. The molecule has 0 saturated heterocycles. The molecule has 0 amide bonds. The van der Waals surface area contributed by atoms with Gasteiger partial charge in [-0.25, -0.2) is 0 Å². The van der Waals surface area contributed by atoms with E-state index in [0.29, 0.717) is 25.7 Å². The number of rotatable bonds is 56. The minimum atomic E-state index is -0.821. The van der Waals surface area contributed by atoms with Crippen molar-refractivity contribution < 1.29 is 28.6 Å². The van der Waals surface area contributed by atoms with Crippen LogP contribution in [0.2, 0.25) is 0 Å². The van der Waals surface area contributed by atoms with Gasteiger partial charge in [-0.15, -0.1) is 0 Å². The van der Waals surface area contributed by atoms with Gasteiger partial charge in [0.1, 0.15) is 13.2 Å². The van der Waals surface area contributed by atoms with Gasteiger partial charge in [0.15, 0.2) is 6.10 Å². The molecule has 79 heavy (non-hydrogen) atoms. The maximum atomic E-state index is 12.9. The second kappa shape index (κ2) is 65.5. The Morgan fingerprint density at radius 2 is 0.456 bits per heavy atom. The number of hydrogen-bond acceptors (Lipinski definition) is 6. The van der Waals surface area contributed by atoms with Crippen molar-refractivity contribution in [3.8, 4) is 0 Å². The molecule has 0 fully saturated rings. The smallest absolute Gasteiger partial charge is 0.306 e. The van der Waals surface area contributed by atoms with Crippen LogP contribution >= 0.6 is 0 Å². The molecule has 6 nitrogen and oxygen atoms in total. The number of carbonyl (C=O) groups excluding carboxylic acids is 3. The van der Waals surface area contributed by atoms with E-state index in [0.717, 1.165) is 135 Å². The first-order valence-electron chi connectivity index (χ1n) is 32.0. The van der Waals surface area contributed by atoms with Gasteiger partial charge in [-0.2, -0.15) is 0 Å². The van der Waals surface area contributed by atoms with Gasteiger partial charge in [0.2, 0.25) is 0 Å². The summed E-state index contributed by atoms with van der Waals surface area (Å²) >= 11 is 0. The van der Waals surface area contributed by atoms with Crippen molar-refractivity contribution in [3.05, 3.63) is 158 Å². The molecule has 0 N–H and O–H groups in total. The molecule has 1 atom stereocenters. The zero-order chi connectivity index (χ0) is 57.1. The van der Waals surface area contributed by atoms with Gasteiger partial charge in [0, 0.05) is 19.3 Å². The van der Waals surface area contributed by atoms with Gasteiger partial charge in [0.05, 0.1) is 0 Å². The molecule has 0 aromatic carbocycles. The van der Waals surface area contributed by atoms with E-state index in [2.05, 4.69) is 179 Å². The van der Waals surface area contributed by atoms with Crippen LogP contribution in [0.4, 0.5) is 0 Å². The molecule has 0 aliphatic heterocycles. The molecular weight excluding hydrogens is 973 g/mol. The molecule has 0 heterocycles. The summed E-state index contributed by atoms with van der Waals surface area (Å²) < 4.78 is 16.9. The Morgan fingerprint density at radius 1 is 0.253 bits per heavy atom. The number of ether oxygens (including phenoxy) is 3. The van der Waals surface area contributed by atoms with Gasteiger partial charge < -0.3 is 14.2 Å². The van der Waals surface area contributed by atoms with Crippen LogP contribution in [0.3, 0.4) is 0 Å². The van der Waals surface area contributed by atoms with Crippen LogP contribution in [0.25, 0.3) is 0 Å². The molecule has 6 heteroatoms. The molecule has 0 bridgehead atoms. The number of allylic oxidation sites excluding steroid dienone is 26. The zero-order valence-electron chi connectivity index (χ0n) is 50.8. The summed E-state index contributed by atoms with van der Waals surface area (Å²) in [6.45, 7) is 6.24. The number of unbranched alkanes of at least 4 members (excludes halogenated alkanes) is 19. The molecule has 444 valence electrons. The Morgan fingerprint density at radius 3 is 0.747 bits per heavy atom. The standard InChI is InChI=1S/C73H116O6/c1-4-7-10-13-16-19-22-25-28-30-32-33-34-35-36-37-38-39-41-42-45-48-51-54-57-60-63-66-72(75)78-69-70(68-77-71(74)65-62-59-56-53-50-47-44-27-24-21-18-15-12-9-6-3)79-73(76)67-64-61-58-55-52-49-46-43-40-31-29-26-23-20-17-14-11-8-5-2/h7-12,16-21,25-29,32-33,40,43-44,49-50,52-53,70H,4-6,13-15,22-24,30-31,34-39,41-42,45-48,51,54-69H2,1-3H3/b10-7-,11-8-,12-9-,19-16-,20-17-,21-18-,28-25-,29-26-,33-32-,43-40-,44-27-,52-49-,53-50-. The molecule has 0 aliphatic rings. The highest BCUT2D eigenvalue weighted by Crippen LogP contribution is 2.15. The van der Waals surface area contributed by atoms with Gasteiger partial charge in [-0.3, -0.25) is 14.4 Å². The number of hydrogen-bond donors (Lipinski definition) is 0. The average molecular weight is 1090 g/mol. The molecule has 0 aromatic heterocycles. The lowest BCUT2D eigenvalue weighted by Crippen LogP contribution is -2.30. The van der Waals surface area contributed by atoms with Crippen molar-refractivity contribution in [1.29, 1.82) is 0 Å². The van der Waals surface area contributed by atoms with Gasteiger partial charge in [-0.1, -0.05) is 262 Å². The lowest BCUT2D eigenvalue weighted by Gasteiger charge is -2.18. The third-order valence-corrected chi connectivity index (χ3v) is 13.0. The minimum Gasteiger partial charge on any atom is -0.462 e. The monoisotopic (exact) mass is 1090 g/mol. The van der Waals surface area contributed by atoms with Crippen molar-refractivity contribution in [3.63, 3.8) is 0 Å². The summed E-state index contributed by atoms with van der Waals surface area (Å²) in [5.74, 6) is -0.989. The third-order valence-electron chi connectivity index (χ3n) is 13.0. The SMILES string of the molecule is CC/C=C\C/C=C\C/C=C\C/C=C\C/C=C\CCCCCC(=O)OC(COC(=O)CCCC/C=C\C/C=C\C/C=C\C/C=C\CC)COC(=O)CCCCCCCCCCCCCCCC/C=C\C/C=C\C/C=C\C/C=C\CC. The fraction of sp³-hybridized carbons (Fsp3) is 0.603. The fourth-order valence-electron chi connectivity index (χ4n) is 8.33. The Balaban J connectivity index is 4.42. The van der Waals surface area contributed by atoms with Crippen molar-refractivity contribution in [2.75, 3.05) is 13.2 Å². The second-order valence-electron chi connectivity index (χ2n) is 20.5. The Labute approximate surface area is 486 Å². The summed E-state index contributed by atoms with van der Waals surface area (Å²) in [6.07, 6.45) is 95.4. The second-order valence-corrected chi connectivity index (χ2v) is 20.5. The summed E-state index contributed by atoms with van der Waals surface area (Å²) in [6, 6.07) is 0. The van der Waals surface area contributed by atoms with Crippen LogP contribution in [0, 0.1) is 0 Å². The first-order chi connectivity index (χ1) is 39.0. The molecule has 0 saturated carbocycles. The lowest BCUT2D eigenvalue weighted by molar-refractivity contribution is -0.167. The van der Waals surface area contributed by atoms with E-state index < -0.39 is 6.10 Å². The number of esters is 3. The van der Waals surface area contributed by atoms with Crippen LogP contribution < -0.4 is 0 Å². The van der Waals surface area contributed by atoms with Crippen LogP contribution in [-0.4, -0.2) is 37.2 Å². The quantitative estimate of drug-likeness (QED) is 0.0261. The number of carbonyl (C=O) groups is 3. The molecular formula is C73H116O6. The van der Waals surface area contributed by atoms with E-state index in [1.807, 2.05) is 0 Å². The van der Waals surface area contributed by atoms with Gasteiger partial charge in [0.25, 0.3) is 0 Å². The molecule has 0 rings (SSSR count). The van der Waals surface area contributed by atoms with Crippen molar-refractivity contribution in [2.45, 2.75) is 271 Å². The van der Waals surface area contributed by atoms with E-state index in [4.69, 9.17) is 14.2 Å². The lowest BCUT2D eigenvalue weighted by atomic mass is 10.0. The molecule has 0 radical (unpaired) electrons. The van der Waals surface area contributed by atoms with Crippen molar-refractivity contribution in [1.82, 2.24) is 0 Å². The summed E-state index contributed by atoms with van der Waals surface area (Å²) in [5, 5.41) is 0. The van der Waals surface area contributed by atoms with Crippen LogP contribution in [0.1, 0.15) is 265 Å². The van der Waals surface area contributed by atoms with Crippen LogP contribution in [-0.2, 0) is 28.6 Å². The first-order valence-corrected chi connectivity index (χ1v) is 32.0. The highest BCUT2D eigenvalue weighted by molar-refractivity contribution is 5.71. The largest absolute Gasteiger partial charge is 0.462 e. The highest BCUT2D eigenvalue weighted by Gasteiger charge is 2.19. The Bertz CT molecular complexity index is 1780. The predicted molar refractivity (Wildman–Crippen MR) is 343 cm³/mol. The van der Waals surface area contributed by atoms with E-state index in [9.17, 15) is 14.4 Å². The maximum Gasteiger partial charge on any atom is 0.306 e. The molecule has 0 aliphatic carbocycles. The van der Waals surface area contributed by atoms with Gasteiger partial charge in [-0.05, 0) is 141 Å². The normalized spacial score (nSPS) is 13.2. The van der Waals surface area contributed by atoms with Crippen LogP contribution in [0.15, 0.2) is 158 Å². The Kier molecular flexibility index (Phi) is 61.4. The topological polar surface area (TPSA) is 78.9 Å². The minimum absolute atomic E-state index is 0.111. The van der Waals surface area contributed by atoms with Crippen molar-refractivity contribution >= 4 is 17.9 Å². The highest BCUT2D eigenvalue weighted by atomic mass is 16.6. The maximum absolute atomic E-state index is 12.9. The van der Waals surface area contributed by atoms with E-state index in [-0.39, 0.29) is 37.5 Å². The first kappa shape index (κ1) is 74.0. The summed E-state index contributed by atoms with van der Waals surface area (Å²) in [4.78, 5) is 38.3. The molecule has 1 unspecified atom stereocenters. The third kappa shape index (κ3) is 63.7. The average Bonchev–Trinajstić information content (AvgIpc) is 3.45. The molecule has 0 spiro atoms. The zero-order valence-corrected chi connectivity index (χ0v) is 50.8. The van der Waals surface area contributed by atoms with Crippen molar-refractivity contribution in [2.24, 2.45) is 0 Å². The van der Waals surface area contributed by atoms with Gasteiger partial charge >= 0.3 is 17.9 Å². The van der Waals surface area contributed by atoms with E-state index >= 15 is 0 Å².